The van der Waals surface area contributed by atoms with Crippen molar-refractivity contribution in [3.8, 4) is 11.5 Å². The highest BCUT2D eigenvalue weighted by molar-refractivity contribution is 14.0. The van der Waals surface area contributed by atoms with Gasteiger partial charge in [0.2, 0.25) is 5.91 Å². The Hall–Kier alpha value is -1.71. The van der Waals surface area contributed by atoms with E-state index in [0.717, 1.165) is 17.1 Å². The lowest BCUT2D eigenvalue weighted by molar-refractivity contribution is -0.128. The fraction of sp³-hybridized carbons (Fsp3) is 0.579. The summed E-state index contributed by atoms with van der Waals surface area (Å²) in [6.45, 7) is 7.64. The summed E-state index contributed by atoms with van der Waals surface area (Å²) < 4.78 is 11.3. The van der Waals surface area contributed by atoms with E-state index in [1.807, 2.05) is 39.0 Å². The molecule has 0 aliphatic heterocycles. The van der Waals surface area contributed by atoms with Crippen LogP contribution in [0.3, 0.4) is 0 Å². The van der Waals surface area contributed by atoms with Crippen LogP contribution in [0.25, 0.3) is 0 Å². The van der Waals surface area contributed by atoms with E-state index in [4.69, 9.17) is 9.47 Å². The molecule has 2 N–H and O–H groups in total. The van der Waals surface area contributed by atoms with Crippen molar-refractivity contribution in [2.45, 2.75) is 33.2 Å². The molecule has 1 atom stereocenters. The molecule has 1 aromatic rings. The summed E-state index contributed by atoms with van der Waals surface area (Å²) in [5, 5.41) is 6.49. The summed E-state index contributed by atoms with van der Waals surface area (Å²) in [6.07, 6.45) is 0.416. The van der Waals surface area contributed by atoms with E-state index in [1.54, 1.807) is 26.0 Å². The van der Waals surface area contributed by atoms with Crippen molar-refractivity contribution in [2.24, 2.45) is 4.99 Å². The zero-order valence-electron chi connectivity index (χ0n) is 17.2. The van der Waals surface area contributed by atoms with Gasteiger partial charge in [-0.1, -0.05) is 6.07 Å². The molecule has 8 heteroatoms. The molecule has 7 nitrogen and oxygen atoms in total. The third kappa shape index (κ3) is 8.68. The van der Waals surface area contributed by atoms with Gasteiger partial charge in [-0.3, -0.25) is 9.79 Å². The van der Waals surface area contributed by atoms with Crippen LogP contribution in [-0.4, -0.2) is 57.7 Å². The Morgan fingerprint density at radius 2 is 1.81 bits per heavy atom. The third-order valence-electron chi connectivity index (χ3n) is 3.77. The van der Waals surface area contributed by atoms with Crippen LogP contribution in [0.5, 0.6) is 11.5 Å². The number of carbonyl (C=O) groups is 1. The molecule has 0 aromatic heterocycles. The highest BCUT2D eigenvalue weighted by Gasteiger charge is 2.13. The van der Waals surface area contributed by atoms with Gasteiger partial charge in [-0.2, -0.15) is 0 Å². The first-order valence-electron chi connectivity index (χ1n) is 8.99. The molecular formula is C19H33IN4O3. The van der Waals surface area contributed by atoms with Crippen molar-refractivity contribution >= 4 is 35.8 Å². The minimum atomic E-state index is 0. The first kappa shape index (κ1) is 25.3. The number of halogens is 1. The molecule has 0 saturated carbocycles. The Labute approximate surface area is 179 Å². The number of carbonyl (C=O) groups excluding carboxylic acids is 1. The van der Waals surface area contributed by atoms with Crippen LogP contribution in [0.2, 0.25) is 0 Å². The monoisotopic (exact) mass is 492 g/mol. The molecule has 0 aliphatic rings. The number of rotatable bonds is 9. The topological polar surface area (TPSA) is 75.2 Å². The molecule has 0 saturated heterocycles. The largest absolute Gasteiger partial charge is 0.490 e. The fourth-order valence-corrected chi connectivity index (χ4v) is 2.33. The van der Waals surface area contributed by atoms with Crippen molar-refractivity contribution in [1.82, 2.24) is 15.5 Å². The summed E-state index contributed by atoms with van der Waals surface area (Å²) in [6, 6.07) is 5.93. The van der Waals surface area contributed by atoms with E-state index < -0.39 is 0 Å². The lowest BCUT2D eigenvalue weighted by atomic mass is 10.1. The lowest BCUT2D eigenvalue weighted by Crippen LogP contribution is -2.40. The Balaban J connectivity index is 0.00000676. The van der Waals surface area contributed by atoms with Gasteiger partial charge in [-0.15, -0.1) is 24.0 Å². The van der Waals surface area contributed by atoms with Crippen LogP contribution in [-0.2, 0) is 4.79 Å². The van der Waals surface area contributed by atoms with Crippen LogP contribution in [0.4, 0.5) is 0 Å². The molecule has 0 spiro atoms. The summed E-state index contributed by atoms with van der Waals surface area (Å²) >= 11 is 0. The number of nitrogens with one attached hydrogen (secondary N) is 2. The molecule has 0 fully saturated rings. The zero-order chi connectivity index (χ0) is 19.5. The minimum absolute atomic E-state index is 0. The van der Waals surface area contributed by atoms with Crippen LogP contribution in [0.1, 0.15) is 38.8 Å². The number of hydrogen-bond acceptors (Lipinski definition) is 4. The van der Waals surface area contributed by atoms with Gasteiger partial charge < -0.3 is 25.0 Å². The first-order chi connectivity index (χ1) is 12.4. The molecule has 0 bridgehead atoms. The second-order valence-electron chi connectivity index (χ2n) is 5.98. The quantitative estimate of drug-likeness (QED) is 0.315. The number of hydrogen-bond donors (Lipinski definition) is 2. The number of aliphatic imine (C=N–C) groups is 1. The van der Waals surface area contributed by atoms with Crippen molar-refractivity contribution < 1.29 is 14.3 Å². The predicted octanol–water partition coefficient (Wildman–Crippen LogP) is 2.81. The SMILES string of the molecule is CCOc1ccc(C(C)NC(=NC)NCCC(=O)N(C)C)cc1OCC.I. The van der Waals surface area contributed by atoms with Gasteiger partial charge in [0.1, 0.15) is 0 Å². The lowest BCUT2D eigenvalue weighted by Gasteiger charge is -2.20. The zero-order valence-corrected chi connectivity index (χ0v) is 19.5. The second kappa shape index (κ2) is 13.5. The summed E-state index contributed by atoms with van der Waals surface area (Å²) in [4.78, 5) is 17.4. The molecule has 1 aromatic carbocycles. The number of amides is 1. The molecule has 0 aliphatic carbocycles. The van der Waals surface area contributed by atoms with Gasteiger partial charge in [-0.05, 0) is 38.5 Å². The van der Waals surface area contributed by atoms with Gasteiger partial charge in [0.05, 0.1) is 19.3 Å². The van der Waals surface area contributed by atoms with Crippen LogP contribution in [0.15, 0.2) is 23.2 Å². The summed E-state index contributed by atoms with van der Waals surface area (Å²) in [5.41, 5.74) is 1.06. The molecule has 1 amide bonds. The van der Waals surface area contributed by atoms with Gasteiger partial charge in [0, 0.05) is 34.1 Å². The first-order valence-corrected chi connectivity index (χ1v) is 8.99. The van der Waals surface area contributed by atoms with E-state index in [-0.39, 0.29) is 35.9 Å². The fourth-order valence-electron chi connectivity index (χ4n) is 2.33. The highest BCUT2D eigenvalue weighted by atomic mass is 127. The van der Waals surface area contributed by atoms with Crippen molar-refractivity contribution in [2.75, 3.05) is 40.9 Å². The number of ether oxygens (including phenoxy) is 2. The predicted molar refractivity (Wildman–Crippen MR) is 120 cm³/mol. The Bertz CT molecular complexity index is 609. The van der Waals surface area contributed by atoms with Crippen LogP contribution in [0, 0.1) is 0 Å². The summed E-state index contributed by atoms with van der Waals surface area (Å²) in [7, 11) is 5.21. The standard InChI is InChI=1S/C19H32N4O3.HI/c1-7-25-16-10-9-15(13-17(16)26-8-2)14(3)22-19(20-4)21-12-11-18(24)23(5)6;/h9-10,13-14H,7-8,11-12H2,1-6H3,(H2,20,21,22);1H. The average Bonchev–Trinajstić information content (AvgIpc) is 2.62. The van der Waals surface area contributed by atoms with Gasteiger partial charge in [-0.25, -0.2) is 0 Å². The molecule has 0 radical (unpaired) electrons. The maximum Gasteiger partial charge on any atom is 0.223 e. The van der Waals surface area contributed by atoms with Crippen molar-refractivity contribution in [3.05, 3.63) is 23.8 Å². The molecule has 27 heavy (non-hydrogen) atoms. The molecule has 0 heterocycles. The maximum absolute atomic E-state index is 11.6. The van der Waals surface area contributed by atoms with Crippen LogP contribution < -0.4 is 20.1 Å². The van der Waals surface area contributed by atoms with Crippen molar-refractivity contribution in [1.29, 1.82) is 0 Å². The van der Waals surface area contributed by atoms with Gasteiger partial charge >= 0.3 is 0 Å². The van der Waals surface area contributed by atoms with Crippen molar-refractivity contribution in [3.63, 3.8) is 0 Å². The Kier molecular flexibility index (Phi) is 12.6. The van der Waals surface area contributed by atoms with E-state index in [9.17, 15) is 4.79 Å². The van der Waals surface area contributed by atoms with E-state index in [0.29, 0.717) is 32.1 Å². The van der Waals surface area contributed by atoms with E-state index in [1.165, 1.54) is 0 Å². The molecule has 1 unspecified atom stereocenters. The van der Waals surface area contributed by atoms with E-state index in [2.05, 4.69) is 15.6 Å². The smallest absolute Gasteiger partial charge is 0.223 e. The maximum atomic E-state index is 11.6. The number of guanidine groups is 1. The molecule has 154 valence electrons. The number of nitrogens with zero attached hydrogens (tertiary/aromatic N) is 2. The molecule has 1 rings (SSSR count). The van der Waals surface area contributed by atoms with Crippen LogP contribution >= 0.6 is 24.0 Å². The van der Waals surface area contributed by atoms with E-state index >= 15 is 0 Å². The third-order valence-corrected chi connectivity index (χ3v) is 3.77. The summed E-state index contributed by atoms with van der Waals surface area (Å²) in [5.74, 6) is 2.21. The number of benzene rings is 1. The normalized spacial score (nSPS) is 11.9. The minimum Gasteiger partial charge on any atom is -0.490 e. The highest BCUT2D eigenvalue weighted by Crippen LogP contribution is 2.30. The Morgan fingerprint density at radius 3 is 2.37 bits per heavy atom. The van der Waals surface area contributed by atoms with Gasteiger partial charge in [0.15, 0.2) is 17.5 Å². The average molecular weight is 492 g/mol. The Morgan fingerprint density at radius 1 is 1.19 bits per heavy atom. The molecular weight excluding hydrogens is 459 g/mol. The second-order valence-corrected chi connectivity index (χ2v) is 5.98. The van der Waals surface area contributed by atoms with Gasteiger partial charge in [0.25, 0.3) is 0 Å².